The van der Waals surface area contributed by atoms with Crippen LogP contribution in [-0.4, -0.2) is 0 Å². The third-order valence-electron chi connectivity index (χ3n) is 12.3. The highest BCUT2D eigenvalue weighted by molar-refractivity contribution is 7.25. The number of benzene rings is 9. The Balaban J connectivity index is 1.18. The molecule has 0 bridgehead atoms. The molecule has 0 radical (unpaired) electrons. The van der Waals surface area contributed by atoms with Crippen LogP contribution in [0.2, 0.25) is 0 Å². The van der Waals surface area contributed by atoms with E-state index >= 15 is 0 Å². The van der Waals surface area contributed by atoms with Gasteiger partial charge in [-0.3, -0.25) is 0 Å². The second-order valence-electron chi connectivity index (χ2n) is 16.0. The zero-order chi connectivity index (χ0) is 39.5. The van der Waals surface area contributed by atoms with Crippen LogP contribution in [0.1, 0.15) is 25.0 Å². The molecule has 0 aliphatic heterocycles. The predicted octanol–water partition coefficient (Wildman–Crippen LogP) is 16.5. The first-order valence-corrected chi connectivity index (χ1v) is 21.3. The lowest BCUT2D eigenvalue weighted by Crippen LogP contribution is -2.15. The number of thiophene rings is 1. The van der Waals surface area contributed by atoms with Crippen molar-refractivity contribution in [1.29, 1.82) is 0 Å². The summed E-state index contributed by atoms with van der Waals surface area (Å²) in [7, 11) is 0. The number of hydrogen-bond donors (Lipinski definition) is 0. The molecule has 1 heterocycles. The summed E-state index contributed by atoms with van der Waals surface area (Å²) in [5.41, 5.74) is 18.3. The Labute approximate surface area is 350 Å². The van der Waals surface area contributed by atoms with Crippen molar-refractivity contribution >= 4 is 48.6 Å². The van der Waals surface area contributed by atoms with Gasteiger partial charge in [-0.2, -0.15) is 0 Å². The molecule has 1 aliphatic carbocycles. The van der Waals surface area contributed by atoms with E-state index in [9.17, 15) is 0 Å². The van der Waals surface area contributed by atoms with Gasteiger partial charge in [-0.1, -0.05) is 190 Å². The van der Waals surface area contributed by atoms with Gasteiger partial charge in [-0.05, 0) is 92.0 Å². The normalized spacial score (nSPS) is 12.7. The number of fused-ring (bicyclic) bond motifs is 6. The van der Waals surface area contributed by atoms with E-state index in [0.717, 1.165) is 17.1 Å². The second kappa shape index (κ2) is 14.1. The van der Waals surface area contributed by atoms with Gasteiger partial charge in [0.05, 0.1) is 11.4 Å². The van der Waals surface area contributed by atoms with Crippen LogP contribution in [0.5, 0.6) is 0 Å². The fraction of sp³-hybridized carbons (Fsp3) is 0.0526. The Hall–Kier alpha value is -7.00. The third-order valence-corrected chi connectivity index (χ3v) is 13.5. The van der Waals surface area contributed by atoms with Crippen molar-refractivity contribution in [1.82, 2.24) is 0 Å². The van der Waals surface area contributed by atoms with Crippen LogP contribution in [0.25, 0.3) is 75.8 Å². The molecule has 0 N–H and O–H groups in total. The standard InChI is InChI=1S/C57H41NS/c1-57(2)50-30-14-10-28-48(50)56-47(29-18-31-51(56)57)45-26-12-16-33-53(45)58(39-35-36-55-49(37-39)46-27-13-17-34-54(46)59-55)52-32-15-11-25-44(52)43-24-9-8-23-42(43)41-22-7-6-21-40(41)38-19-4-3-5-20-38/h3-37H,1-2H3. The first kappa shape index (κ1) is 35.2. The number of anilines is 3. The van der Waals surface area contributed by atoms with Crippen molar-refractivity contribution in [2.45, 2.75) is 19.3 Å². The molecule has 1 nitrogen and oxygen atoms in total. The average Bonchev–Trinajstić information content (AvgIpc) is 3.78. The maximum absolute atomic E-state index is 2.52. The molecule has 11 rings (SSSR count). The van der Waals surface area contributed by atoms with Gasteiger partial charge in [-0.25, -0.2) is 0 Å². The van der Waals surface area contributed by atoms with E-state index in [-0.39, 0.29) is 5.41 Å². The molecule has 0 atom stereocenters. The largest absolute Gasteiger partial charge is 0.309 e. The van der Waals surface area contributed by atoms with Gasteiger partial charge in [0.2, 0.25) is 0 Å². The Morgan fingerprint density at radius 3 is 1.58 bits per heavy atom. The number of para-hydroxylation sites is 2. The Bertz CT molecular complexity index is 3210. The molecule has 280 valence electrons. The second-order valence-corrected chi connectivity index (χ2v) is 17.1. The molecule has 0 unspecified atom stereocenters. The molecule has 59 heavy (non-hydrogen) atoms. The fourth-order valence-electron chi connectivity index (χ4n) is 9.57. The average molecular weight is 772 g/mol. The van der Waals surface area contributed by atoms with Crippen LogP contribution in [-0.2, 0) is 5.41 Å². The summed E-state index contributed by atoms with van der Waals surface area (Å²) < 4.78 is 2.60. The Morgan fingerprint density at radius 1 is 0.356 bits per heavy atom. The minimum atomic E-state index is -0.103. The van der Waals surface area contributed by atoms with E-state index < -0.39 is 0 Å². The van der Waals surface area contributed by atoms with Crippen LogP contribution < -0.4 is 4.90 Å². The van der Waals surface area contributed by atoms with Gasteiger partial charge in [0.25, 0.3) is 0 Å². The lowest BCUT2D eigenvalue weighted by molar-refractivity contribution is 0.660. The van der Waals surface area contributed by atoms with Gasteiger partial charge < -0.3 is 4.90 Å². The third kappa shape index (κ3) is 5.74. The molecule has 1 aromatic heterocycles. The molecule has 2 heteroatoms. The topological polar surface area (TPSA) is 3.24 Å². The first-order chi connectivity index (χ1) is 29.1. The van der Waals surface area contributed by atoms with E-state index in [1.165, 1.54) is 86.9 Å². The zero-order valence-electron chi connectivity index (χ0n) is 33.1. The maximum Gasteiger partial charge on any atom is 0.0540 e. The van der Waals surface area contributed by atoms with Crippen molar-refractivity contribution in [3.63, 3.8) is 0 Å². The molecule has 0 spiro atoms. The van der Waals surface area contributed by atoms with Crippen LogP contribution in [0, 0.1) is 0 Å². The summed E-state index contributed by atoms with van der Waals surface area (Å²) in [6.07, 6.45) is 0. The minimum absolute atomic E-state index is 0.103. The molecule has 1 aliphatic rings. The van der Waals surface area contributed by atoms with E-state index in [4.69, 9.17) is 0 Å². The molecular weight excluding hydrogens is 731 g/mol. The van der Waals surface area contributed by atoms with Crippen molar-refractivity contribution in [2.75, 3.05) is 4.90 Å². The Kier molecular flexibility index (Phi) is 8.43. The van der Waals surface area contributed by atoms with Crippen molar-refractivity contribution in [3.05, 3.63) is 223 Å². The monoisotopic (exact) mass is 771 g/mol. The summed E-state index contributed by atoms with van der Waals surface area (Å²) in [5.74, 6) is 0. The number of hydrogen-bond acceptors (Lipinski definition) is 2. The zero-order valence-corrected chi connectivity index (χ0v) is 33.9. The van der Waals surface area contributed by atoms with Crippen molar-refractivity contribution in [2.24, 2.45) is 0 Å². The molecule has 0 saturated heterocycles. The quantitative estimate of drug-likeness (QED) is 0.156. The lowest BCUT2D eigenvalue weighted by Gasteiger charge is -2.31. The number of nitrogens with zero attached hydrogens (tertiary/aromatic N) is 1. The maximum atomic E-state index is 2.52. The van der Waals surface area contributed by atoms with Gasteiger partial charge in [0.1, 0.15) is 0 Å². The van der Waals surface area contributed by atoms with Gasteiger partial charge in [0.15, 0.2) is 0 Å². The van der Waals surface area contributed by atoms with Gasteiger partial charge >= 0.3 is 0 Å². The molecular formula is C57H41NS. The summed E-state index contributed by atoms with van der Waals surface area (Å²) in [6, 6.07) is 78.2. The molecule has 0 fully saturated rings. The molecule has 9 aromatic carbocycles. The van der Waals surface area contributed by atoms with E-state index in [1.54, 1.807) is 0 Å². The van der Waals surface area contributed by atoms with E-state index in [1.807, 2.05) is 11.3 Å². The van der Waals surface area contributed by atoms with Gasteiger partial charge in [-0.15, -0.1) is 11.3 Å². The summed E-state index contributed by atoms with van der Waals surface area (Å²) in [5, 5.41) is 2.56. The predicted molar refractivity (Wildman–Crippen MR) is 253 cm³/mol. The van der Waals surface area contributed by atoms with Crippen molar-refractivity contribution in [3.8, 4) is 55.6 Å². The smallest absolute Gasteiger partial charge is 0.0540 e. The van der Waals surface area contributed by atoms with E-state index in [2.05, 4.69) is 231 Å². The van der Waals surface area contributed by atoms with Crippen LogP contribution in [0.4, 0.5) is 17.1 Å². The molecule has 10 aromatic rings. The summed E-state index contributed by atoms with van der Waals surface area (Å²) >= 11 is 1.86. The highest BCUT2D eigenvalue weighted by Gasteiger charge is 2.37. The molecule has 0 saturated carbocycles. The fourth-order valence-corrected chi connectivity index (χ4v) is 10.7. The first-order valence-electron chi connectivity index (χ1n) is 20.4. The van der Waals surface area contributed by atoms with E-state index in [0.29, 0.717) is 0 Å². The number of rotatable bonds is 7. The van der Waals surface area contributed by atoms with Crippen LogP contribution in [0.15, 0.2) is 212 Å². The van der Waals surface area contributed by atoms with Crippen LogP contribution in [0.3, 0.4) is 0 Å². The van der Waals surface area contributed by atoms with Gasteiger partial charge in [0, 0.05) is 42.4 Å². The minimum Gasteiger partial charge on any atom is -0.309 e. The summed E-state index contributed by atoms with van der Waals surface area (Å²) in [6.45, 7) is 4.73. The Morgan fingerprint density at radius 2 is 0.847 bits per heavy atom. The highest BCUT2D eigenvalue weighted by Crippen LogP contribution is 2.55. The SMILES string of the molecule is CC1(C)c2ccccc2-c2c(-c3ccccc3N(c3ccc4sc5ccccc5c4c3)c3ccccc3-c3ccccc3-c3ccccc3-c3ccccc3)cccc21. The summed E-state index contributed by atoms with van der Waals surface area (Å²) in [4.78, 5) is 2.52. The molecule has 0 amide bonds. The van der Waals surface area contributed by atoms with Crippen LogP contribution >= 0.6 is 11.3 Å². The van der Waals surface area contributed by atoms with Crippen molar-refractivity contribution < 1.29 is 0 Å². The highest BCUT2D eigenvalue weighted by atomic mass is 32.1. The lowest BCUT2D eigenvalue weighted by atomic mass is 9.82.